The Labute approximate surface area is 118 Å². The van der Waals surface area contributed by atoms with Crippen LogP contribution in [0.4, 0.5) is 4.39 Å². The number of hydrogen-bond acceptors (Lipinski definition) is 4. The van der Waals surface area contributed by atoms with Gasteiger partial charge in [-0.2, -0.15) is 0 Å². The third kappa shape index (κ3) is 5.54. The summed E-state index contributed by atoms with van der Waals surface area (Å²) < 4.78 is 23.2. The van der Waals surface area contributed by atoms with Crippen LogP contribution in [0.2, 0.25) is 0 Å². The van der Waals surface area contributed by atoms with Crippen molar-refractivity contribution in [2.24, 2.45) is 0 Å². The summed E-state index contributed by atoms with van der Waals surface area (Å²) in [4.78, 5) is 13.4. The SMILES string of the molecule is COCCNC(=O)CN(C)Cc1ccc(OC)c(F)c1. The Morgan fingerprint density at radius 3 is 2.75 bits per heavy atom. The summed E-state index contributed by atoms with van der Waals surface area (Å²) in [5.41, 5.74) is 0.787. The van der Waals surface area contributed by atoms with Crippen LogP contribution in [-0.2, 0) is 16.1 Å². The normalized spacial score (nSPS) is 10.7. The predicted octanol–water partition coefficient (Wildman–Crippen LogP) is 1.03. The Morgan fingerprint density at radius 1 is 1.40 bits per heavy atom. The van der Waals surface area contributed by atoms with Gasteiger partial charge in [-0.1, -0.05) is 6.07 Å². The third-order valence-electron chi connectivity index (χ3n) is 2.71. The fourth-order valence-electron chi connectivity index (χ4n) is 1.77. The van der Waals surface area contributed by atoms with Crippen LogP contribution < -0.4 is 10.1 Å². The lowest BCUT2D eigenvalue weighted by Gasteiger charge is -2.16. The van der Waals surface area contributed by atoms with Crippen LogP contribution in [0.5, 0.6) is 5.75 Å². The molecule has 5 nitrogen and oxygen atoms in total. The number of amides is 1. The second-order valence-electron chi connectivity index (χ2n) is 4.48. The number of likely N-dealkylation sites (N-methyl/N-ethyl adjacent to an activating group) is 1. The number of nitrogens with zero attached hydrogens (tertiary/aromatic N) is 1. The second-order valence-corrected chi connectivity index (χ2v) is 4.48. The van der Waals surface area contributed by atoms with E-state index in [0.717, 1.165) is 5.56 Å². The van der Waals surface area contributed by atoms with Crippen LogP contribution in [0.3, 0.4) is 0 Å². The monoisotopic (exact) mass is 284 g/mol. The molecule has 0 saturated carbocycles. The van der Waals surface area contributed by atoms with Crippen molar-refractivity contribution in [2.45, 2.75) is 6.54 Å². The van der Waals surface area contributed by atoms with Gasteiger partial charge in [0.1, 0.15) is 0 Å². The van der Waals surface area contributed by atoms with Crippen LogP contribution >= 0.6 is 0 Å². The summed E-state index contributed by atoms with van der Waals surface area (Å²) in [6, 6.07) is 4.77. The molecular weight excluding hydrogens is 263 g/mol. The third-order valence-corrected chi connectivity index (χ3v) is 2.71. The number of methoxy groups -OCH3 is 2. The maximum atomic E-state index is 13.5. The van der Waals surface area contributed by atoms with Gasteiger partial charge in [0.25, 0.3) is 0 Å². The molecule has 1 aromatic rings. The lowest BCUT2D eigenvalue weighted by molar-refractivity contribution is -0.122. The summed E-state index contributed by atoms with van der Waals surface area (Å²) in [6.07, 6.45) is 0. The molecular formula is C14H21FN2O3. The first-order valence-corrected chi connectivity index (χ1v) is 6.33. The van der Waals surface area contributed by atoms with Crippen LogP contribution in [0.1, 0.15) is 5.56 Å². The van der Waals surface area contributed by atoms with Gasteiger partial charge < -0.3 is 14.8 Å². The molecule has 6 heteroatoms. The fourth-order valence-corrected chi connectivity index (χ4v) is 1.77. The van der Waals surface area contributed by atoms with Gasteiger partial charge in [0.2, 0.25) is 5.91 Å². The molecule has 1 aromatic carbocycles. The number of carbonyl (C=O) groups excluding carboxylic acids is 1. The van der Waals surface area contributed by atoms with Gasteiger partial charge in [-0.25, -0.2) is 4.39 Å². The number of halogens is 1. The molecule has 0 unspecified atom stereocenters. The minimum atomic E-state index is -0.400. The average molecular weight is 284 g/mol. The van der Waals surface area contributed by atoms with E-state index >= 15 is 0 Å². The van der Waals surface area contributed by atoms with Gasteiger partial charge in [0, 0.05) is 20.2 Å². The Bertz CT molecular complexity index is 440. The zero-order valence-electron chi connectivity index (χ0n) is 12.1. The lowest BCUT2D eigenvalue weighted by Crippen LogP contribution is -2.36. The van der Waals surface area contributed by atoms with E-state index in [1.54, 1.807) is 26.3 Å². The molecule has 0 aliphatic rings. The molecule has 1 rings (SSSR count). The molecule has 1 amide bonds. The van der Waals surface area contributed by atoms with Gasteiger partial charge in [-0.3, -0.25) is 9.69 Å². The number of rotatable bonds is 8. The molecule has 0 radical (unpaired) electrons. The number of ether oxygens (including phenoxy) is 2. The molecule has 1 N–H and O–H groups in total. The highest BCUT2D eigenvalue weighted by Gasteiger charge is 2.09. The maximum absolute atomic E-state index is 13.5. The van der Waals surface area contributed by atoms with Gasteiger partial charge >= 0.3 is 0 Å². The standard InChI is InChI=1S/C14H21FN2O3/c1-17(10-14(18)16-6-7-19-2)9-11-4-5-13(20-3)12(15)8-11/h4-5,8H,6-7,9-10H2,1-3H3,(H,16,18). The van der Waals surface area contributed by atoms with Gasteiger partial charge in [0.15, 0.2) is 11.6 Å². The van der Waals surface area contributed by atoms with Crippen molar-refractivity contribution in [1.82, 2.24) is 10.2 Å². The highest BCUT2D eigenvalue weighted by molar-refractivity contribution is 5.77. The first-order chi connectivity index (χ1) is 9.56. The first-order valence-electron chi connectivity index (χ1n) is 6.33. The van der Waals surface area contributed by atoms with Crippen molar-refractivity contribution in [3.63, 3.8) is 0 Å². The van der Waals surface area contributed by atoms with E-state index in [4.69, 9.17) is 9.47 Å². The van der Waals surface area contributed by atoms with Crippen molar-refractivity contribution in [2.75, 3.05) is 41.0 Å². The molecule has 0 aliphatic heterocycles. The molecule has 0 aliphatic carbocycles. The summed E-state index contributed by atoms with van der Waals surface area (Å²) in [5.74, 6) is -0.268. The van der Waals surface area contributed by atoms with Crippen molar-refractivity contribution in [3.8, 4) is 5.75 Å². The van der Waals surface area contributed by atoms with E-state index in [1.165, 1.54) is 13.2 Å². The summed E-state index contributed by atoms with van der Waals surface area (Å²) in [6.45, 7) is 1.70. The quantitative estimate of drug-likeness (QED) is 0.724. The lowest BCUT2D eigenvalue weighted by atomic mass is 10.2. The number of benzene rings is 1. The number of carbonyl (C=O) groups is 1. The van der Waals surface area contributed by atoms with Crippen LogP contribution in [0.25, 0.3) is 0 Å². The smallest absolute Gasteiger partial charge is 0.234 e. The molecule has 20 heavy (non-hydrogen) atoms. The zero-order chi connectivity index (χ0) is 15.0. The van der Waals surface area contributed by atoms with Crippen LogP contribution in [0, 0.1) is 5.82 Å². The Kier molecular flexibility index (Phi) is 6.97. The highest BCUT2D eigenvalue weighted by Crippen LogP contribution is 2.18. The molecule has 0 heterocycles. The van der Waals surface area contributed by atoms with E-state index in [2.05, 4.69) is 5.32 Å². The molecule has 0 saturated heterocycles. The molecule has 0 bridgehead atoms. The number of nitrogens with one attached hydrogen (secondary N) is 1. The topological polar surface area (TPSA) is 50.8 Å². The summed E-state index contributed by atoms with van der Waals surface area (Å²) >= 11 is 0. The van der Waals surface area contributed by atoms with Crippen molar-refractivity contribution < 1.29 is 18.7 Å². The molecule has 0 spiro atoms. The zero-order valence-corrected chi connectivity index (χ0v) is 12.1. The maximum Gasteiger partial charge on any atom is 0.234 e. The Balaban J connectivity index is 2.43. The van der Waals surface area contributed by atoms with E-state index < -0.39 is 5.82 Å². The van der Waals surface area contributed by atoms with Crippen LogP contribution in [0.15, 0.2) is 18.2 Å². The average Bonchev–Trinajstić information content (AvgIpc) is 2.39. The van der Waals surface area contributed by atoms with E-state index in [1.807, 2.05) is 4.90 Å². The summed E-state index contributed by atoms with van der Waals surface area (Å²) in [7, 11) is 4.81. The van der Waals surface area contributed by atoms with E-state index in [0.29, 0.717) is 19.7 Å². The fraction of sp³-hybridized carbons (Fsp3) is 0.500. The van der Waals surface area contributed by atoms with E-state index in [-0.39, 0.29) is 18.2 Å². The van der Waals surface area contributed by atoms with E-state index in [9.17, 15) is 9.18 Å². The Hall–Kier alpha value is -1.66. The molecule has 112 valence electrons. The Morgan fingerprint density at radius 2 is 2.15 bits per heavy atom. The second kappa shape index (κ2) is 8.50. The predicted molar refractivity (Wildman–Crippen MR) is 74.2 cm³/mol. The summed E-state index contributed by atoms with van der Waals surface area (Å²) in [5, 5.41) is 2.73. The van der Waals surface area contributed by atoms with Crippen LogP contribution in [-0.4, -0.2) is 51.8 Å². The highest BCUT2D eigenvalue weighted by atomic mass is 19.1. The first kappa shape index (κ1) is 16.4. The number of hydrogen-bond donors (Lipinski definition) is 1. The minimum Gasteiger partial charge on any atom is -0.494 e. The van der Waals surface area contributed by atoms with Crippen molar-refractivity contribution in [1.29, 1.82) is 0 Å². The van der Waals surface area contributed by atoms with Crippen molar-refractivity contribution >= 4 is 5.91 Å². The molecule has 0 fully saturated rings. The molecule has 0 aromatic heterocycles. The minimum absolute atomic E-state index is 0.0847. The molecule has 0 atom stereocenters. The van der Waals surface area contributed by atoms with Gasteiger partial charge in [-0.15, -0.1) is 0 Å². The van der Waals surface area contributed by atoms with Crippen molar-refractivity contribution in [3.05, 3.63) is 29.6 Å². The van der Waals surface area contributed by atoms with Gasteiger partial charge in [0.05, 0.1) is 20.3 Å². The van der Waals surface area contributed by atoms with Gasteiger partial charge in [-0.05, 0) is 24.7 Å². The largest absolute Gasteiger partial charge is 0.494 e.